The van der Waals surface area contributed by atoms with Crippen LogP contribution >= 0.6 is 11.5 Å². The van der Waals surface area contributed by atoms with E-state index in [0.717, 1.165) is 11.5 Å². The number of aliphatic hydroxyl groups excluding tert-OH is 1. The molecule has 1 atom stereocenters. The van der Waals surface area contributed by atoms with Crippen LogP contribution in [-0.4, -0.2) is 41.4 Å². The molecule has 0 bridgehead atoms. The molecule has 23 heavy (non-hydrogen) atoms. The second kappa shape index (κ2) is 7.89. The maximum absolute atomic E-state index is 12.2. The summed E-state index contributed by atoms with van der Waals surface area (Å²) in [5.74, 6) is 0.838. The fourth-order valence-corrected chi connectivity index (χ4v) is 2.76. The summed E-state index contributed by atoms with van der Waals surface area (Å²) in [6.07, 6.45) is -0.291. The molecule has 0 aliphatic rings. The van der Waals surface area contributed by atoms with Gasteiger partial charge in [0.15, 0.2) is 0 Å². The average Bonchev–Trinajstić information content (AvgIpc) is 3.07. The topological polar surface area (TPSA) is 93.6 Å². The lowest BCUT2D eigenvalue weighted by molar-refractivity contribution is 0.0917. The van der Waals surface area contributed by atoms with Gasteiger partial charge in [-0.25, -0.2) is 0 Å². The van der Waals surface area contributed by atoms with Crippen LogP contribution in [0.25, 0.3) is 0 Å². The van der Waals surface area contributed by atoms with Crippen LogP contribution in [0.1, 0.15) is 34.0 Å². The molecule has 0 unspecified atom stereocenters. The van der Waals surface area contributed by atoms with Crippen molar-refractivity contribution in [2.24, 2.45) is 0 Å². The quantitative estimate of drug-likeness (QED) is 0.797. The molecule has 8 heteroatoms. The second-order valence-electron chi connectivity index (χ2n) is 4.74. The van der Waals surface area contributed by atoms with Crippen molar-refractivity contribution >= 4 is 17.4 Å². The molecule has 0 fully saturated rings. The van der Waals surface area contributed by atoms with E-state index in [0.29, 0.717) is 34.1 Å². The monoisotopic (exact) mass is 337 g/mol. The number of aliphatic hydroxyl groups is 1. The molecular formula is C15H19N3O4S. The van der Waals surface area contributed by atoms with E-state index in [-0.39, 0.29) is 12.5 Å². The van der Waals surface area contributed by atoms with Gasteiger partial charge in [0.1, 0.15) is 22.5 Å². The summed E-state index contributed by atoms with van der Waals surface area (Å²) in [6, 6.07) is 5.13. The van der Waals surface area contributed by atoms with Crippen molar-refractivity contribution in [1.29, 1.82) is 0 Å². The molecule has 1 amide bonds. The Kier molecular flexibility index (Phi) is 5.89. The van der Waals surface area contributed by atoms with E-state index in [2.05, 4.69) is 14.9 Å². The first-order chi connectivity index (χ1) is 11.1. The minimum absolute atomic E-state index is 0.0451. The molecule has 0 aliphatic heterocycles. The van der Waals surface area contributed by atoms with E-state index in [1.54, 1.807) is 25.3 Å². The maximum atomic E-state index is 12.2. The summed E-state index contributed by atoms with van der Waals surface area (Å²) in [4.78, 5) is 12.6. The predicted molar refractivity (Wildman–Crippen MR) is 86.1 cm³/mol. The molecule has 124 valence electrons. The summed E-state index contributed by atoms with van der Waals surface area (Å²) in [7, 11) is 3.07. The molecule has 2 rings (SSSR count). The van der Waals surface area contributed by atoms with Crippen LogP contribution in [0.15, 0.2) is 18.2 Å². The average molecular weight is 337 g/mol. The van der Waals surface area contributed by atoms with Gasteiger partial charge in [-0.3, -0.25) is 4.79 Å². The van der Waals surface area contributed by atoms with Crippen molar-refractivity contribution < 1.29 is 19.4 Å². The summed E-state index contributed by atoms with van der Waals surface area (Å²) in [5.41, 5.74) is 1.20. The lowest BCUT2D eigenvalue weighted by Gasteiger charge is -2.16. The summed E-state index contributed by atoms with van der Waals surface area (Å²) in [6.45, 7) is 1.95. The van der Waals surface area contributed by atoms with Crippen molar-refractivity contribution in [3.8, 4) is 11.5 Å². The van der Waals surface area contributed by atoms with Gasteiger partial charge in [0.05, 0.1) is 19.9 Å². The molecular weight excluding hydrogens is 318 g/mol. The third kappa shape index (κ3) is 3.96. The minimum Gasteiger partial charge on any atom is -0.497 e. The molecule has 0 aliphatic carbocycles. The Bertz CT molecular complexity index is 674. The van der Waals surface area contributed by atoms with Crippen molar-refractivity contribution in [3.63, 3.8) is 0 Å². The van der Waals surface area contributed by atoms with Gasteiger partial charge in [0.25, 0.3) is 5.91 Å². The zero-order valence-corrected chi connectivity index (χ0v) is 14.0. The predicted octanol–water partition coefficient (Wildman–Crippen LogP) is 1.58. The number of ether oxygens (including phenoxy) is 2. The van der Waals surface area contributed by atoms with Gasteiger partial charge in [-0.1, -0.05) is 11.4 Å². The first-order valence-electron chi connectivity index (χ1n) is 7.10. The van der Waals surface area contributed by atoms with Crippen molar-refractivity contribution in [3.05, 3.63) is 34.3 Å². The maximum Gasteiger partial charge on any atom is 0.265 e. The van der Waals surface area contributed by atoms with Gasteiger partial charge in [0, 0.05) is 12.1 Å². The molecule has 1 aromatic carbocycles. The Balaban J connectivity index is 2.07. The highest BCUT2D eigenvalue weighted by Gasteiger charge is 2.19. The molecule has 2 aromatic rings. The van der Waals surface area contributed by atoms with E-state index in [9.17, 15) is 9.90 Å². The molecule has 7 nitrogen and oxygen atoms in total. The van der Waals surface area contributed by atoms with Gasteiger partial charge in [0.2, 0.25) is 0 Å². The smallest absolute Gasteiger partial charge is 0.265 e. The zero-order valence-electron chi connectivity index (χ0n) is 13.2. The highest BCUT2D eigenvalue weighted by Crippen LogP contribution is 2.29. The van der Waals surface area contributed by atoms with Gasteiger partial charge in [-0.15, -0.1) is 5.10 Å². The number of aryl methyl sites for hydroxylation is 1. The first kappa shape index (κ1) is 17.2. The lowest BCUT2D eigenvalue weighted by Crippen LogP contribution is -2.28. The fourth-order valence-electron chi connectivity index (χ4n) is 2.09. The van der Waals surface area contributed by atoms with E-state index in [1.807, 2.05) is 6.92 Å². The van der Waals surface area contributed by atoms with E-state index < -0.39 is 6.10 Å². The van der Waals surface area contributed by atoms with Crippen LogP contribution in [0, 0.1) is 0 Å². The Labute approximate surface area is 138 Å². The number of hydrogen-bond donors (Lipinski definition) is 2. The number of amides is 1. The van der Waals surface area contributed by atoms with E-state index in [4.69, 9.17) is 9.47 Å². The van der Waals surface area contributed by atoms with Gasteiger partial charge in [-0.2, -0.15) is 0 Å². The Morgan fingerprint density at radius 2 is 2.17 bits per heavy atom. The normalized spacial score (nSPS) is 11.8. The largest absolute Gasteiger partial charge is 0.497 e. The highest BCUT2D eigenvalue weighted by atomic mass is 32.1. The standard InChI is InChI=1S/C15H19N3O4S/c1-4-11-14(23-18-17-11)15(20)16-8-12(19)10-7-9(21-2)5-6-13(10)22-3/h5-7,12,19H,4,8H2,1-3H3,(H,16,20)/t12-/m1/s1. The minimum atomic E-state index is -0.921. The van der Waals surface area contributed by atoms with Gasteiger partial charge >= 0.3 is 0 Å². The van der Waals surface area contributed by atoms with Crippen LogP contribution in [0.5, 0.6) is 11.5 Å². The van der Waals surface area contributed by atoms with Crippen LogP contribution < -0.4 is 14.8 Å². The molecule has 0 spiro atoms. The van der Waals surface area contributed by atoms with Crippen molar-refractivity contribution in [2.45, 2.75) is 19.4 Å². The summed E-state index contributed by atoms with van der Waals surface area (Å²) < 4.78 is 14.2. The first-order valence-corrected chi connectivity index (χ1v) is 7.87. The number of benzene rings is 1. The third-order valence-corrected chi connectivity index (χ3v) is 4.12. The van der Waals surface area contributed by atoms with E-state index in [1.165, 1.54) is 7.11 Å². The van der Waals surface area contributed by atoms with Crippen LogP contribution in [0.2, 0.25) is 0 Å². The number of rotatable bonds is 7. The number of aromatic nitrogens is 2. The molecule has 2 N–H and O–H groups in total. The highest BCUT2D eigenvalue weighted by molar-refractivity contribution is 7.08. The summed E-state index contributed by atoms with van der Waals surface area (Å²) in [5, 5.41) is 16.9. The van der Waals surface area contributed by atoms with Crippen LogP contribution in [0.4, 0.5) is 0 Å². The van der Waals surface area contributed by atoms with E-state index >= 15 is 0 Å². The lowest BCUT2D eigenvalue weighted by atomic mass is 10.1. The van der Waals surface area contributed by atoms with Crippen LogP contribution in [-0.2, 0) is 6.42 Å². The Morgan fingerprint density at radius 3 is 2.83 bits per heavy atom. The zero-order chi connectivity index (χ0) is 16.8. The molecule has 0 radical (unpaired) electrons. The Morgan fingerprint density at radius 1 is 1.39 bits per heavy atom. The fraction of sp³-hybridized carbons (Fsp3) is 0.400. The third-order valence-electron chi connectivity index (χ3n) is 3.35. The number of nitrogens with zero attached hydrogens (tertiary/aromatic N) is 2. The molecule has 0 saturated heterocycles. The SMILES string of the molecule is CCc1nnsc1C(=O)NC[C@@H](O)c1cc(OC)ccc1OC. The number of carbonyl (C=O) groups is 1. The summed E-state index contributed by atoms with van der Waals surface area (Å²) >= 11 is 1.04. The molecule has 1 aromatic heterocycles. The molecule has 0 saturated carbocycles. The van der Waals surface area contributed by atoms with Gasteiger partial charge < -0.3 is 19.9 Å². The molecule has 1 heterocycles. The van der Waals surface area contributed by atoms with Crippen molar-refractivity contribution in [2.75, 3.05) is 20.8 Å². The van der Waals surface area contributed by atoms with Crippen LogP contribution in [0.3, 0.4) is 0 Å². The number of methoxy groups -OCH3 is 2. The van der Waals surface area contributed by atoms with Gasteiger partial charge in [-0.05, 0) is 36.2 Å². The van der Waals surface area contributed by atoms with Crippen molar-refractivity contribution in [1.82, 2.24) is 14.9 Å². The second-order valence-corrected chi connectivity index (χ2v) is 5.49. The number of nitrogens with one attached hydrogen (secondary N) is 1. The Hall–Kier alpha value is -2.19. The number of hydrogen-bond acceptors (Lipinski definition) is 7. The number of carbonyl (C=O) groups excluding carboxylic acids is 1.